The Hall–Kier alpha value is -1.79. The lowest BCUT2D eigenvalue weighted by Gasteiger charge is -2.25. The van der Waals surface area contributed by atoms with Gasteiger partial charge in [0.1, 0.15) is 11.4 Å². The predicted octanol–water partition coefficient (Wildman–Crippen LogP) is 0.813. The maximum absolute atomic E-state index is 12.1. The SMILES string of the molecule is COc1ccc(C(=O)NCC2(OC)CCOC2)cc1N. The number of hydrogen-bond acceptors (Lipinski definition) is 5. The largest absolute Gasteiger partial charge is 0.495 e. The summed E-state index contributed by atoms with van der Waals surface area (Å²) in [6, 6.07) is 4.95. The lowest BCUT2D eigenvalue weighted by atomic mass is 10.0. The summed E-state index contributed by atoms with van der Waals surface area (Å²) in [6.07, 6.45) is 0.772. The average molecular weight is 280 g/mol. The van der Waals surface area contributed by atoms with Crippen LogP contribution in [0, 0.1) is 0 Å². The number of amides is 1. The van der Waals surface area contributed by atoms with Crippen LogP contribution < -0.4 is 15.8 Å². The Morgan fingerprint density at radius 2 is 2.30 bits per heavy atom. The first-order chi connectivity index (χ1) is 9.60. The van der Waals surface area contributed by atoms with Gasteiger partial charge in [0.15, 0.2) is 0 Å². The van der Waals surface area contributed by atoms with Crippen molar-refractivity contribution < 1.29 is 19.0 Å². The van der Waals surface area contributed by atoms with Gasteiger partial charge in [0.25, 0.3) is 5.91 Å². The molecule has 20 heavy (non-hydrogen) atoms. The Kier molecular flexibility index (Phi) is 4.46. The molecule has 0 aliphatic carbocycles. The highest BCUT2D eigenvalue weighted by Crippen LogP contribution is 2.23. The van der Waals surface area contributed by atoms with Gasteiger partial charge in [0, 0.05) is 32.2 Å². The van der Waals surface area contributed by atoms with E-state index in [1.807, 2.05) is 0 Å². The molecule has 0 saturated carbocycles. The van der Waals surface area contributed by atoms with Crippen LogP contribution in [0.5, 0.6) is 5.75 Å². The molecule has 1 aromatic rings. The zero-order valence-electron chi connectivity index (χ0n) is 11.8. The van der Waals surface area contributed by atoms with E-state index < -0.39 is 5.60 Å². The lowest BCUT2D eigenvalue weighted by Crippen LogP contribution is -2.45. The van der Waals surface area contributed by atoms with Gasteiger partial charge in [-0.15, -0.1) is 0 Å². The van der Waals surface area contributed by atoms with Gasteiger partial charge in [-0.3, -0.25) is 4.79 Å². The van der Waals surface area contributed by atoms with E-state index in [-0.39, 0.29) is 5.91 Å². The molecule has 1 aliphatic heterocycles. The van der Waals surface area contributed by atoms with E-state index in [9.17, 15) is 4.79 Å². The number of ether oxygens (including phenoxy) is 3. The van der Waals surface area contributed by atoms with Gasteiger partial charge in [-0.25, -0.2) is 0 Å². The van der Waals surface area contributed by atoms with Crippen molar-refractivity contribution in [2.24, 2.45) is 0 Å². The van der Waals surface area contributed by atoms with Gasteiger partial charge in [-0.2, -0.15) is 0 Å². The standard InChI is InChI=1S/C14H20N2O4/c1-18-12-4-3-10(7-11(12)15)13(17)16-8-14(19-2)5-6-20-9-14/h3-4,7H,5-6,8-9,15H2,1-2H3,(H,16,17). The minimum Gasteiger partial charge on any atom is -0.495 e. The summed E-state index contributed by atoms with van der Waals surface area (Å²) >= 11 is 0. The molecular formula is C14H20N2O4. The maximum Gasteiger partial charge on any atom is 0.251 e. The van der Waals surface area contributed by atoms with E-state index in [0.29, 0.717) is 36.8 Å². The summed E-state index contributed by atoms with van der Waals surface area (Å²) in [5, 5.41) is 2.86. The molecule has 1 saturated heterocycles. The Labute approximate surface area is 118 Å². The van der Waals surface area contributed by atoms with Crippen molar-refractivity contribution in [3.63, 3.8) is 0 Å². The van der Waals surface area contributed by atoms with Gasteiger partial charge in [0.05, 0.1) is 19.4 Å². The maximum atomic E-state index is 12.1. The van der Waals surface area contributed by atoms with Crippen LogP contribution in [0.1, 0.15) is 16.8 Å². The highest BCUT2D eigenvalue weighted by atomic mass is 16.5. The number of anilines is 1. The third-order valence-electron chi connectivity index (χ3n) is 3.56. The van der Waals surface area contributed by atoms with E-state index >= 15 is 0 Å². The lowest BCUT2D eigenvalue weighted by molar-refractivity contribution is -0.0148. The van der Waals surface area contributed by atoms with Crippen molar-refractivity contribution in [1.29, 1.82) is 0 Å². The number of rotatable bonds is 5. The molecule has 1 atom stereocenters. The highest BCUT2D eigenvalue weighted by molar-refractivity contribution is 5.95. The van der Waals surface area contributed by atoms with Crippen LogP contribution in [0.3, 0.4) is 0 Å². The van der Waals surface area contributed by atoms with Crippen LogP contribution in [-0.2, 0) is 9.47 Å². The Bertz CT molecular complexity index is 484. The molecule has 1 aliphatic rings. The van der Waals surface area contributed by atoms with E-state index in [0.717, 1.165) is 6.42 Å². The van der Waals surface area contributed by atoms with Crippen molar-refractivity contribution in [1.82, 2.24) is 5.32 Å². The molecule has 2 rings (SSSR count). The second-order valence-electron chi connectivity index (χ2n) is 4.83. The Balaban J connectivity index is 1.99. The van der Waals surface area contributed by atoms with Crippen LogP contribution in [-0.4, -0.2) is 45.5 Å². The number of hydrogen-bond donors (Lipinski definition) is 2. The molecular weight excluding hydrogens is 260 g/mol. The molecule has 3 N–H and O–H groups in total. The number of nitrogen functional groups attached to an aromatic ring is 1. The minimum absolute atomic E-state index is 0.192. The topological polar surface area (TPSA) is 82.8 Å². The molecule has 1 fully saturated rings. The monoisotopic (exact) mass is 280 g/mol. The number of carbonyl (C=O) groups is 1. The summed E-state index contributed by atoms with van der Waals surface area (Å²) in [4.78, 5) is 12.1. The first kappa shape index (κ1) is 14.6. The van der Waals surface area contributed by atoms with Crippen LogP contribution in [0.2, 0.25) is 0 Å². The van der Waals surface area contributed by atoms with Crippen molar-refractivity contribution in [3.8, 4) is 5.75 Å². The van der Waals surface area contributed by atoms with Gasteiger partial charge < -0.3 is 25.3 Å². The molecule has 0 bridgehead atoms. The van der Waals surface area contributed by atoms with Crippen molar-refractivity contribution in [3.05, 3.63) is 23.8 Å². The predicted molar refractivity (Wildman–Crippen MR) is 74.9 cm³/mol. The Morgan fingerprint density at radius 3 is 2.85 bits per heavy atom. The van der Waals surface area contributed by atoms with E-state index in [2.05, 4.69) is 5.32 Å². The summed E-state index contributed by atoms with van der Waals surface area (Å²) in [5.41, 5.74) is 6.30. The van der Waals surface area contributed by atoms with Crippen LogP contribution in [0.25, 0.3) is 0 Å². The van der Waals surface area contributed by atoms with Gasteiger partial charge >= 0.3 is 0 Å². The number of benzene rings is 1. The average Bonchev–Trinajstić information content (AvgIpc) is 2.94. The van der Waals surface area contributed by atoms with Gasteiger partial charge in [-0.1, -0.05) is 0 Å². The molecule has 0 spiro atoms. The van der Waals surface area contributed by atoms with Crippen molar-refractivity contribution in [2.75, 3.05) is 39.7 Å². The number of nitrogens with one attached hydrogen (secondary N) is 1. The fourth-order valence-electron chi connectivity index (χ4n) is 2.18. The molecule has 1 heterocycles. The normalized spacial score (nSPS) is 21.7. The zero-order chi connectivity index (χ0) is 14.6. The third-order valence-corrected chi connectivity index (χ3v) is 3.56. The van der Waals surface area contributed by atoms with E-state index in [1.54, 1.807) is 25.3 Å². The second kappa shape index (κ2) is 6.11. The highest BCUT2D eigenvalue weighted by Gasteiger charge is 2.35. The van der Waals surface area contributed by atoms with Crippen LogP contribution >= 0.6 is 0 Å². The molecule has 6 nitrogen and oxygen atoms in total. The number of nitrogens with two attached hydrogens (primary N) is 1. The summed E-state index contributed by atoms with van der Waals surface area (Å²) in [7, 11) is 3.17. The first-order valence-electron chi connectivity index (χ1n) is 6.45. The van der Waals surface area contributed by atoms with Gasteiger partial charge in [0.2, 0.25) is 0 Å². The van der Waals surface area contributed by atoms with Crippen LogP contribution in [0.4, 0.5) is 5.69 Å². The van der Waals surface area contributed by atoms with Crippen molar-refractivity contribution in [2.45, 2.75) is 12.0 Å². The molecule has 110 valence electrons. The molecule has 0 radical (unpaired) electrons. The summed E-state index contributed by atoms with van der Waals surface area (Å²) in [5.74, 6) is 0.363. The van der Waals surface area contributed by atoms with Crippen LogP contribution in [0.15, 0.2) is 18.2 Å². The summed E-state index contributed by atoms with van der Waals surface area (Å²) in [6.45, 7) is 1.56. The fourth-order valence-corrected chi connectivity index (χ4v) is 2.18. The molecule has 1 aromatic carbocycles. The molecule has 1 amide bonds. The first-order valence-corrected chi connectivity index (χ1v) is 6.45. The smallest absolute Gasteiger partial charge is 0.251 e. The minimum atomic E-state index is -0.423. The van der Waals surface area contributed by atoms with E-state index in [1.165, 1.54) is 7.11 Å². The molecule has 0 aromatic heterocycles. The van der Waals surface area contributed by atoms with E-state index in [4.69, 9.17) is 19.9 Å². The third kappa shape index (κ3) is 3.02. The fraction of sp³-hybridized carbons (Fsp3) is 0.500. The Morgan fingerprint density at radius 1 is 1.50 bits per heavy atom. The quantitative estimate of drug-likeness (QED) is 0.780. The van der Waals surface area contributed by atoms with Crippen molar-refractivity contribution >= 4 is 11.6 Å². The zero-order valence-corrected chi connectivity index (χ0v) is 11.8. The molecule has 6 heteroatoms. The second-order valence-corrected chi connectivity index (χ2v) is 4.83. The number of methoxy groups -OCH3 is 2. The molecule has 1 unspecified atom stereocenters. The van der Waals surface area contributed by atoms with Gasteiger partial charge in [-0.05, 0) is 18.2 Å². The number of carbonyl (C=O) groups excluding carboxylic acids is 1. The summed E-state index contributed by atoms with van der Waals surface area (Å²) < 4.78 is 15.8.